The maximum atomic E-state index is 15.3. The third-order valence-corrected chi connectivity index (χ3v) is 11.3. The van der Waals surface area contributed by atoms with Gasteiger partial charge in [-0.25, -0.2) is 8.78 Å². The lowest BCUT2D eigenvalue weighted by molar-refractivity contribution is -0.141. The van der Waals surface area contributed by atoms with Gasteiger partial charge in [-0.1, -0.05) is 51.1 Å². The Balaban J connectivity index is 1.96. The Labute approximate surface area is 416 Å². The Bertz CT molecular complexity index is 2390. The van der Waals surface area contributed by atoms with E-state index in [1.807, 2.05) is 30.3 Å². The molecule has 0 saturated carbocycles. The van der Waals surface area contributed by atoms with Crippen LogP contribution in [0.2, 0.25) is 0 Å². The van der Waals surface area contributed by atoms with Crippen LogP contribution in [0.4, 0.5) is 8.78 Å². The van der Waals surface area contributed by atoms with Crippen molar-refractivity contribution in [3.05, 3.63) is 83.7 Å². The normalized spacial score (nSPS) is 13.8. The quantitative estimate of drug-likeness (QED) is 0.0453. The summed E-state index contributed by atoms with van der Waals surface area (Å²) in [5.41, 5.74) is 11.6. The number of aliphatic carboxylic acids is 1. The van der Waals surface area contributed by atoms with Crippen LogP contribution in [0.15, 0.2) is 60.8 Å². The predicted molar refractivity (Wildman–Crippen MR) is 260 cm³/mol. The molecule has 6 atom stereocenters. The van der Waals surface area contributed by atoms with Crippen LogP contribution in [0.3, 0.4) is 0 Å². The van der Waals surface area contributed by atoms with Crippen molar-refractivity contribution in [3.8, 4) is 11.1 Å². The average Bonchev–Trinajstić information content (AvgIpc) is 3.70. The van der Waals surface area contributed by atoms with E-state index in [4.69, 9.17) is 11.5 Å². The highest BCUT2D eigenvalue weighted by Crippen LogP contribution is 2.41. The molecular formula is C49H68F2N10O11. The molecule has 0 unspecified atom stereocenters. The number of benzene rings is 2. The minimum absolute atomic E-state index is 0.0628. The molecule has 0 spiro atoms. The summed E-state index contributed by atoms with van der Waals surface area (Å²) in [6.45, 7) is 7.98. The number of hydrogen-bond acceptors (Lipinski definition) is 11. The maximum absolute atomic E-state index is 15.3. The molecule has 3 aromatic rings. The number of carboxylic acid groups (broad SMARTS) is 1. The van der Waals surface area contributed by atoms with Crippen molar-refractivity contribution in [2.45, 2.75) is 123 Å². The Morgan fingerprint density at radius 2 is 1.36 bits per heavy atom. The first-order chi connectivity index (χ1) is 33.9. The van der Waals surface area contributed by atoms with Gasteiger partial charge in [0, 0.05) is 49.6 Å². The summed E-state index contributed by atoms with van der Waals surface area (Å²) in [5.74, 6) is -9.56. The fourth-order valence-corrected chi connectivity index (χ4v) is 7.82. The minimum atomic E-state index is -1.76. The molecule has 0 aliphatic rings. The molecule has 3 rings (SSSR count). The first-order valence-electron chi connectivity index (χ1n) is 23.4. The number of carbonyl (C=O) groups excluding carboxylic acids is 8. The van der Waals surface area contributed by atoms with Gasteiger partial charge >= 0.3 is 5.97 Å². The second kappa shape index (κ2) is 27.9. The van der Waals surface area contributed by atoms with E-state index in [0.29, 0.717) is 25.1 Å². The number of aliphatic hydroxyl groups excluding tert-OH is 1. The number of aromatic nitrogens is 1. The highest BCUT2D eigenvalue weighted by molar-refractivity contribution is 5.97. The number of primary amides is 1. The molecule has 8 amide bonds. The minimum Gasteiger partial charge on any atom is -0.481 e. The molecule has 394 valence electrons. The molecule has 0 fully saturated rings. The number of carbonyl (C=O) groups is 9. The van der Waals surface area contributed by atoms with E-state index >= 15 is 4.39 Å². The molecule has 2 aromatic carbocycles. The van der Waals surface area contributed by atoms with Crippen molar-refractivity contribution in [2.75, 3.05) is 26.2 Å². The van der Waals surface area contributed by atoms with Crippen LogP contribution >= 0.6 is 0 Å². The van der Waals surface area contributed by atoms with Gasteiger partial charge in [-0.2, -0.15) is 0 Å². The van der Waals surface area contributed by atoms with Crippen LogP contribution in [0, 0.1) is 17.0 Å². The number of unbranched alkanes of at least 4 members (excludes halogenated alkanes) is 1. The number of nitrogens with two attached hydrogens (primary N) is 2. The second-order valence-electron chi connectivity index (χ2n) is 18.4. The topological polar surface area (TPSA) is 326 Å². The second-order valence-corrected chi connectivity index (χ2v) is 18.4. The van der Waals surface area contributed by atoms with E-state index in [9.17, 15) is 57.8 Å². The zero-order valence-corrected chi connectivity index (χ0v) is 41.4. The molecule has 0 aliphatic carbocycles. The van der Waals surface area contributed by atoms with Gasteiger partial charge in [0.05, 0.1) is 18.9 Å². The highest BCUT2D eigenvalue weighted by atomic mass is 19.1. The summed E-state index contributed by atoms with van der Waals surface area (Å²) in [5, 5.41) is 34.2. The van der Waals surface area contributed by atoms with Crippen molar-refractivity contribution in [1.29, 1.82) is 0 Å². The van der Waals surface area contributed by atoms with Gasteiger partial charge in [0.1, 0.15) is 48.5 Å². The Morgan fingerprint density at radius 1 is 0.764 bits per heavy atom. The first-order valence-corrected chi connectivity index (χ1v) is 23.4. The molecule has 0 radical (unpaired) electrons. The smallest absolute Gasteiger partial charge is 0.305 e. The van der Waals surface area contributed by atoms with Gasteiger partial charge in [0.15, 0.2) is 0 Å². The number of amides is 8. The van der Waals surface area contributed by atoms with Gasteiger partial charge in [-0.05, 0) is 81.3 Å². The number of halogens is 2. The predicted octanol–water partition coefficient (Wildman–Crippen LogP) is 0.859. The van der Waals surface area contributed by atoms with Crippen molar-refractivity contribution in [2.24, 2.45) is 16.9 Å². The van der Waals surface area contributed by atoms with Crippen molar-refractivity contribution >= 4 is 53.2 Å². The van der Waals surface area contributed by atoms with Gasteiger partial charge in [-0.3, -0.25) is 43.2 Å². The standard InChI is InChI=1S/C49H68F2N10O11/c1-28(56-47(71)36(57-30(3)63)14-10-11-19-52)44(68)55-29(2)45(69)59-38(24-40(53)64)48(72)58-37(46(70)54-20-17-42(66)67)18-21-61(41(65)27-62)43(49(4,5)6)39-22-32(34-23-33(50)15-16-35(34)51)26-60(39)25-31-12-8-7-9-13-31/h7-9,12-13,15-16,22-23,26,28-29,36-38,43,62H,10-11,14,17-21,24-25,27,52H2,1-6H3,(H2,53,64)(H,54,70)(H,55,68)(H,56,71)(H,57,63)(H,58,72)(H,59,69)(H,66,67)/t28-,29-,36-,37-,38-,43-/m0/s1. The van der Waals surface area contributed by atoms with Crippen LogP contribution < -0.4 is 43.4 Å². The zero-order valence-electron chi connectivity index (χ0n) is 41.4. The van der Waals surface area contributed by atoms with Crippen LogP contribution in [0.5, 0.6) is 0 Å². The van der Waals surface area contributed by atoms with Gasteiger partial charge < -0.3 is 63.0 Å². The molecule has 23 heteroatoms. The van der Waals surface area contributed by atoms with Crippen LogP contribution in [0.25, 0.3) is 11.1 Å². The summed E-state index contributed by atoms with van der Waals surface area (Å²) < 4.78 is 31.6. The molecule has 12 N–H and O–H groups in total. The number of hydrogen-bond donors (Lipinski definition) is 10. The molecule has 72 heavy (non-hydrogen) atoms. The number of nitrogens with zero attached hydrogens (tertiary/aromatic N) is 2. The Kier molecular flexibility index (Phi) is 22.9. The summed E-state index contributed by atoms with van der Waals surface area (Å²) in [6, 6.07) is 5.83. The van der Waals surface area contributed by atoms with Crippen molar-refractivity contribution in [1.82, 2.24) is 41.4 Å². The third-order valence-electron chi connectivity index (χ3n) is 11.3. The lowest BCUT2D eigenvalue weighted by Gasteiger charge is -2.41. The number of carboxylic acids is 1. The van der Waals surface area contributed by atoms with E-state index in [-0.39, 0.29) is 30.6 Å². The summed E-state index contributed by atoms with van der Waals surface area (Å²) >= 11 is 0. The Morgan fingerprint density at radius 3 is 1.94 bits per heavy atom. The van der Waals surface area contributed by atoms with E-state index in [1.54, 1.807) is 37.6 Å². The molecule has 21 nitrogen and oxygen atoms in total. The van der Waals surface area contributed by atoms with Gasteiger partial charge in [0.25, 0.3) is 0 Å². The number of nitrogens with one attached hydrogen (secondary N) is 6. The fourth-order valence-electron chi connectivity index (χ4n) is 7.82. The van der Waals surface area contributed by atoms with E-state index in [0.717, 1.165) is 23.8 Å². The van der Waals surface area contributed by atoms with Crippen LogP contribution in [-0.2, 0) is 49.7 Å². The monoisotopic (exact) mass is 1010 g/mol. The molecule has 0 aliphatic heterocycles. The molecule has 0 saturated heterocycles. The number of rotatable bonds is 28. The van der Waals surface area contributed by atoms with Gasteiger partial charge in [0.2, 0.25) is 47.3 Å². The van der Waals surface area contributed by atoms with Crippen LogP contribution in [0.1, 0.15) is 97.4 Å². The lowest BCUT2D eigenvalue weighted by atomic mass is 9.82. The number of aliphatic hydroxyl groups is 1. The largest absolute Gasteiger partial charge is 0.481 e. The fraction of sp³-hybridized carbons (Fsp3) is 0.490. The lowest BCUT2D eigenvalue weighted by Crippen LogP contribution is -2.59. The first kappa shape index (κ1) is 59.0. The van der Waals surface area contributed by atoms with Crippen LogP contribution in [-0.4, -0.2) is 129 Å². The molecule has 1 heterocycles. The molecule has 0 bridgehead atoms. The summed E-state index contributed by atoms with van der Waals surface area (Å²) in [7, 11) is 0. The van der Waals surface area contributed by atoms with Crippen molar-refractivity contribution < 1.29 is 62.1 Å². The van der Waals surface area contributed by atoms with E-state index < -0.39 is 139 Å². The molecule has 1 aromatic heterocycles. The highest BCUT2D eigenvalue weighted by Gasteiger charge is 2.39. The zero-order chi connectivity index (χ0) is 53.9. The SMILES string of the molecule is CC(=O)N[C@@H](CCCCN)C(=O)N[C@@H](C)C(=O)N[C@@H](C)C(=O)N[C@@H](CC(N)=O)C(=O)N[C@@H](CCN(C(=O)CO)[C@@H](c1cc(-c2cc(F)ccc2F)cn1Cc1ccccc1)C(C)(C)C)C(=O)NCCC(=O)O. The summed E-state index contributed by atoms with van der Waals surface area (Å²) in [6.07, 6.45) is 1.22. The summed E-state index contributed by atoms with van der Waals surface area (Å²) in [4.78, 5) is 118. The van der Waals surface area contributed by atoms with Crippen molar-refractivity contribution in [3.63, 3.8) is 0 Å². The maximum Gasteiger partial charge on any atom is 0.305 e. The third kappa shape index (κ3) is 18.5. The Hall–Kier alpha value is -7.27. The van der Waals surface area contributed by atoms with E-state index in [1.165, 1.54) is 25.7 Å². The van der Waals surface area contributed by atoms with Gasteiger partial charge in [-0.15, -0.1) is 0 Å². The molecular weight excluding hydrogens is 943 g/mol. The van der Waals surface area contributed by atoms with E-state index in [2.05, 4.69) is 31.9 Å². The average molecular weight is 1010 g/mol.